The van der Waals surface area contributed by atoms with Gasteiger partial charge in [-0.3, -0.25) is 10.1 Å². The third kappa shape index (κ3) is 7.16. The number of hydrogen-bond donors (Lipinski definition) is 2. The Balaban J connectivity index is 2.77. The first-order valence-corrected chi connectivity index (χ1v) is 7.43. The molecule has 1 atom stereocenters. The van der Waals surface area contributed by atoms with Crippen molar-refractivity contribution in [3.05, 3.63) is 29.8 Å². The molecule has 0 saturated carbocycles. The van der Waals surface area contributed by atoms with Crippen LogP contribution in [0.3, 0.4) is 0 Å². The minimum Gasteiger partial charge on any atom is -0.490 e. The smallest absolute Gasteiger partial charge is 0.387 e. The summed E-state index contributed by atoms with van der Waals surface area (Å²) >= 11 is 0. The van der Waals surface area contributed by atoms with E-state index in [1.54, 1.807) is 12.2 Å². The van der Waals surface area contributed by atoms with Gasteiger partial charge < -0.3 is 19.9 Å². The average molecular weight is 372 g/mol. The summed E-state index contributed by atoms with van der Waals surface area (Å²) in [5, 5.41) is 1.77. The number of hydrogen-bond acceptors (Lipinski definition) is 6. The Kier molecular flexibility index (Phi) is 8.00. The number of benzene rings is 1. The van der Waals surface area contributed by atoms with Crippen molar-refractivity contribution in [2.24, 2.45) is 5.73 Å². The zero-order valence-corrected chi connectivity index (χ0v) is 14.0. The predicted octanol–water partition coefficient (Wildman–Crippen LogP) is 1.83. The zero-order valence-electron chi connectivity index (χ0n) is 14.0. The fourth-order valence-corrected chi connectivity index (χ4v) is 1.74. The second kappa shape index (κ2) is 9.97. The molecule has 1 aromatic carbocycles. The van der Waals surface area contributed by atoms with Crippen molar-refractivity contribution in [3.63, 3.8) is 0 Å². The molecule has 0 unspecified atom stereocenters. The maximum atomic E-state index is 12.3. The molecule has 26 heavy (non-hydrogen) atoms. The first kappa shape index (κ1) is 20.9. The monoisotopic (exact) mass is 372 g/mol. The summed E-state index contributed by atoms with van der Waals surface area (Å²) in [4.78, 5) is 33.6. The highest BCUT2D eigenvalue weighted by Gasteiger charge is 2.17. The van der Waals surface area contributed by atoms with Gasteiger partial charge in [0.25, 0.3) is 5.91 Å². The maximum Gasteiger partial charge on any atom is 0.387 e. The van der Waals surface area contributed by atoms with Gasteiger partial charge in [0.1, 0.15) is 0 Å². The molecule has 0 heterocycles. The number of carbonyl (C=O) groups excluding carboxylic acids is 3. The van der Waals surface area contributed by atoms with Gasteiger partial charge in [-0.15, -0.1) is 0 Å². The van der Waals surface area contributed by atoms with Crippen molar-refractivity contribution in [2.75, 3.05) is 6.61 Å². The Bertz CT molecular complexity index is 693. The lowest BCUT2D eigenvalue weighted by atomic mass is 10.2. The molecule has 0 spiro atoms. The minimum atomic E-state index is -3.00. The summed E-state index contributed by atoms with van der Waals surface area (Å²) < 4.78 is 39.0. The summed E-state index contributed by atoms with van der Waals surface area (Å²) in [5.74, 6) is -1.79. The average Bonchev–Trinajstić information content (AvgIpc) is 2.54. The Morgan fingerprint density at radius 3 is 2.54 bits per heavy atom. The molecule has 142 valence electrons. The van der Waals surface area contributed by atoms with Crippen LogP contribution in [-0.4, -0.2) is 37.2 Å². The fraction of sp³-hybridized carbons (Fsp3) is 0.312. The normalized spacial score (nSPS) is 11.9. The molecule has 8 nitrogen and oxygen atoms in total. The van der Waals surface area contributed by atoms with Crippen LogP contribution in [0, 0.1) is 0 Å². The van der Waals surface area contributed by atoms with Crippen LogP contribution in [0.2, 0.25) is 0 Å². The van der Waals surface area contributed by atoms with Crippen molar-refractivity contribution in [1.82, 2.24) is 5.32 Å². The van der Waals surface area contributed by atoms with E-state index in [1.807, 2.05) is 0 Å². The number of imide groups is 1. The Morgan fingerprint density at radius 1 is 1.27 bits per heavy atom. The van der Waals surface area contributed by atoms with Crippen molar-refractivity contribution in [1.29, 1.82) is 0 Å². The lowest BCUT2D eigenvalue weighted by molar-refractivity contribution is -0.149. The molecule has 0 aliphatic heterocycles. The predicted molar refractivity (Wildman–Crippen MR) is 86.6 cm³/mol. The van der Waals surface area contributed by atoms with Crippen LogP contribution in [-0.2, 0) is 14.3 Å². The van der Waals surface area contributed by atoms with E-state index in [0.717, 1.165) is 6.08 Å². The van der Waals surface area contributed by atoms with Crippen molar-refractivity contribution < 1.29 is 37.4 Å². The molecule has 3 N–H and O–H groups in total. The molecule has 0 aromatic heterocycles. The second-order valence-corrected chi connectivity index (χ2v) is 4.78. The summed E-state index contributed by atoms with van der Waals surface area (Å²) in [7, 11) is 0. The van der Waals surface area contributed by atoms with E-state index < -0.39 is 30.6 Å². The highest BCUT2D eigenvalue weighted by Crippen LogP contribution is 2.30. The van der Waals surface area contributed by atoms with Crippen LogP contribution < -0.4 is 20.5 Å². The van der Waals surface area contributed by atoms with E-state index in [4.69, 9.17) is 15.2 Å². The number of esters is 1. The molecule has 0 aliphatic carbocycles. The summed E-state index contributed by atoms with van der Waals surface area (Å²) in [6, 6.07) is 3.02. The molecule has 0 saturated heterocycles. The van der Waals surface area contributed by atoms with Crippen LogP contribution in [0.5, 0.6) is 11.5 Å². The number of amides is 3. The Morgan fingerprint density at radius 2 is 1.96 bits per heavy atom. The van der Waals surface area contributed by atoms with Crippen molar-refractivity contribution in [2.45, 2.75) is 26.6 Å². The first-order chi connectivity index (χ1) is 12.2. The van der Waals surface area contributed by atoms with Gasteiger partial charge in [-0.2, -0.15) is 8.78 Å². The number of carbonyl (C=O) groups is 3. The lowest BCUT2D eigenvalue weighted by Crippen LogP contribution is -2.42. The number of halogens is 2. The van der Waals surface area contributed by atoms with E-state index in [1.165, 1.54) is 31.2 Å². The molecular formula is C16H18F2N2O6. The number of primary amides is 1. The third-order valence-electron chi connectivity index (χ3n) is 2.80. The molecule has 0 radical (unpaired) electrons. The largest absolute Gasteiger partial charge is 0.490 e. The molecule has 1 rings (SSSR count). The summed E-state index contributed by atoms with van der Waals surface area (Å²) in [6.45, 7) is 0.151. The van der Waals surface area contributed by atoms with Gasteiger partial charge in [-0.05, 0) is 37.6 Å². The number of alkyl halides is 2. The zero-order chi connectivity index (χ0) is 19.7. The van der Waals surface area contributed by atoms with E-state index in [9.17, 15) is 23.2 Å². The molecule has 3 amide bonds. The van der Waals surface area contributed by atoms with Crippen LogP contribution in [0.1, 0.15) is 19.4 Å². The van der Waals surface area contributed by atoms with Gasteiger partial charge in [0, 0.05) is 6.08 Å². The quantitative estimate of drug-likeness (QED) is 0.531. The van der Waals surface area contributed by atoms with Crippen molar-refractivity contribution >= 4 is 24.0 Å². The van der Waals surface area contributed by atoms with Gasteiger partial charge in [-0.1, -0.05) is 6.07 Å². The first-order valence-electron chi connectivity index (χ1n) is 7.43. The summed E-state index contributed by atoms with van der Waals surface area (Å²) in [6.07, 6.45) is 1.11. The molecule has 0 aliphatic rings. The molecular weight excluding hydrogens is 354 g/mol. The van der Waals surface area contributed by atoms with Gasteiger partial charge in [0.05, 0.1) is 6.61 Å². The van der Waals surface area contributed by atoms with Gasteiger partial charge in [-0.25, -0.2) is 9.59 Å². The Labute approximate surface area is 147 Å². The van der Waals surface area contributed by atoms with Gasteiger partial charge >= 0.3 is 18.6 Å². The van der Waals surface area contributed by atoms with Crippen LogP contribution in [0.15, 0.2) is 24.3 Å². The molecule has 0 fully saturated rings. The second-order valence-electron chi connectivity index (χ2n) is 4.78. The highest BCUT2D eigenvalue weighted by atomic mass is 19.3. The SMILES string of the molecule is CCOc1cc(/C=C/C(=O)O[C@H](C)C(=O)NC(N)=O)ccc1OC(F)F. The lowest BCUT2D eigenvalue weighted by Gasteiger charge is -2.12. The summed E-state index contributed by atoms with van der Waals surface area (Å²) in [5.41, 5.74) is 5.23. The van der Waals surface area contributed by atoms with Gasteiger partial charge in [0.2, 0.25) is 0 Å². The number of nitrogens with two attached hydrogens (primary N) is 1. The standard InChI is InChI=1S/C16H18F2N2O6/c1-3-24-12-8-10(4-6-11(12)26-15(17)18)5-7-13(21)25-9(2)14(22)20-16(19)23/h4-9,15H,3H2,1-2H3,(H3,19,20,22,23)/b7-5+/t9-/m1/s1. The number of rotatable bonds is 8. The Hall–Kier alpha value is -3.17. The molecule has 10 heteroatoms. The molecule has 0 bridgehead atoms. The van der Waals surface area contributed by atoms with E-state index in [0.29, 0.717) is 5.56 Å². The minimum absolute atomic E-state index is 0.0810. The van der Waals surface area contributed by atoms with Crippen molar-refractivity contribution in [3.8, 4) is 11.5 Å². The van der Waals surface area contributed by atoms with E-state index in [2.05, 4.69) is 4.74 Å². The topological polar surface area (TPSA) is 117 Å². The highest BCUT2D eigenvalue weighted by molar-refractivity contribution is 5.97. The third-order valence-corrected chi connectivity index (χ3v) is 2.80. The number of nitrogens with one attached hydrogen (secondary N) is 1. The van der Waals surface area contributed by atoms with E-state index in [-0.39, 0.29) is 18.1 Å². The number of ether oxygens (including phenoxy) is 3. The molecule has 1 aromatic rings. The number of urea groups is 1. The fourth-order valence-electron chi connectivity index (χ4n) is 1.74. The van der Waals surface area contributed by atoms with Crippen LogP contribution >= 0.6 is 0 Å². The van der Waals surface area contributed by atoms with E-state index >= 15 is 0 Å². The van der Waals surface area contributed by atoms with Crippen LogP contribution in [0.25, 0.3) is 6.08 Å². The van der Waals surface area contributed by atoms with Gasteiger partial charge in [0.15, 0.2) is 17.6 Å². The maximum absolute atomic E-state index is 12.3. The van der Waals surface area contributed by atoms with Crippen LogP contribution in [0.4, 0.5) is 13.6 Å².